The van der Waals surface area contributed by atoms with Gasteiger partial charge in [0.05, 0.1) is 5.69 Å². The molecule has 4 heteroatoms. The lowest BCUT2D eigenvalue weighted by molar-refractivity contribution is 0.326. The zero-order valence-electron chi connectivity index (χ0n) is 9.19. The van der Waals surface area contributed by atoms with Crippen molar-refractivity contribution >= 4 is 21.6 Å². The van der Waals surface area contributed by atoms with Crippen LogP contribution in [0.2, 0.25) is 0 Å². The number of anilines is 1. The SMILES string of the molecule is Brc1ncccc1NC1CCN(C2CC2)C1. The van der Waals surface area contributed by atoms with Crippen LogP contribution in [0.5, 0.6) is 0 Å². The number of aromatic nitrogens is 1. The first kappa shape index (κ1) is 10.5. The lowest BCUT2D eigenvalue weighted by atomic mass is 10.2. The van der Waals surface area contributed by atoms with E-state index in [0.29, 0.717) is 6.04 Å². The summed E-state index contributed by atoms with van der Waals surface area (Å²) in [5.41, 5.74) is 1.12. The first-order valence-corrected chi connectivity index (χ1v) is 6.73. The Kier molecular flexibility index (Phi) is 2.86. The molecule has 1 atom stereocenters. The number of nitrogens with zero attached hydrogens (tertiary/aromatic N) is 2. The molecule has 3 nitrogen and oxygen atoms in total. The van der Waals surface area contributed by atoms with E-state index in [0.717, 1.165) is 16.3 Å². The molecule has 16 heavy (non-hydrogen) atoms. The topological polar surface area (TPSA) is 28.2 Å². The van der Waals surface area contributed by atoms with Gasteiger partial charge in [0.2, 0.25) is 0 Å². The summed E-state index contributed by atoms with van der Waals surface area (Å²) >= 11 is 3.47. The maximum absolute atomic E-state index is 4.23. The normalized spacial score (nSPS) is 25.9. The van der Waals surface area contributed by atoms with Crippen LogP contribution in [-0.2, 0) is 0 Å². The standard InChI is InChI=1S/C12H16BrN3/c13-12-11(2-1-6-14-12)15-9-5-7-16(8-9)10-3-4-10/h1-2,6,9-10,15H,3-5,7-8H2. The molecule has 1 aromatic rings. The van der Waals surface area contributed by atoms with Crippen molar-refractivity contribution in [3.63, 3.8) is 0 Å². The first-order chi connectivity index (χ1) is 7.83. The van der Waals surface area contributed by atoms with Gasteiger partial charge in [0.1, 0.15) is 4.60 Å². The summed E-state index contributed by atoms with van der Waals surface area (Å²) in [6.45, 7) is 2.44. The molecule has 1 aromatic heterocycles. The van der Waals surface area contributed by atoms with Crippen molar-refractivity contribution in [1.29, 1.82) is 0 Å². The average molecular weight is 282 g/mol. The van der Waals surface area contributed by atoms with Gasteiger partial charge in [-0.25, -0.2) is 4.98 Å². The molecule has 2 heterocycles. The van der Waals surface area contributed by atoms with Crippen LogP contribution in [0.4, 0.5) is 5.69 Å². The lowest BCUT2D eigenvalue weighted by Gasteiger charge is -2.17. The van der Waals surface area contributed by atoms with Gasteiger partial charge in [-0.05, 0) is 47.3 Å². The molecule has 1 saturated heterocycles. The first-order valence-electron chi connectivity index (χ1n) is 5.94. The van der Waals surface area contributed by atoms with Crippen LogP contribution in [0.25, 0.3) is 0 Å². The fraction of sp³-hybridized carbons (Fsp3) is 0.583. The van der Waals surface area contributed by atoms with Crippen LogP contribution >= 0.6 is 15.9 Å². The van der Waals surface area contributed by atoms with Gasteiger partial charge in [-0.15, -0.1) is 0 Å². The van der Waals surface area contributed by atoms with Crippen LogP contribution in [-0.4, -0.2) is 35.1 Å². The molecule has 0 radical (unpaired) electrons. The smallest absolute Gasteiger partial charge is 0.129 e. The largest absolute Gasteiger partial charge is 0.379 e. The molecule has 1 unspecified atom stereocenters. The third kappa shape index (κ3) is 2.23. The molecule has 3 rings (SSSR count). The summed E-state index contributed by atoms with van der Waals surface area (Å²) in [4.78, 5) is 6.84. The second-order valence-electron chi connectivity index (χ2n) is 4.70. The van der Waals surface area contributed by atoms with E-state index in [1.54, 1.807) is 6.20 Å². The highest BCUT2D eigenvalue weighted by molar-refractivity contribution is 9.10. The minimum Gasteiger partial charge on any atom is -0.379 e. The molecule has 1 aliphatic carbocycles. The van der Waals surface area contributed by atoms with E-state index in [1.165, 1.54) is 32.4 Å². The summed E-state index contributed by atoms with van der Waals surface area (Å²) in [5.74, 6) is 0. The van der Waals surface area contributed by atoms with Gasteiger partial charge in [-0.2, -0.15) is 0 Å². The number of likely N-dealkylation sites (tertiary alicyclic amines) is 1. The van der Waals surface area contributed by atoms with E-state index < -0.39 is 0 Å². The van der Waals surface area contributed by atoms with Gasteiger partial charge >= 0.3 is 0 Å². The van der Waals surface area contributed by atoms with E-state index in [2.05, 4.69) is 37.2 Å². The summed E-state index contributed by atoms with van der Waals surface area (Å²) in [6, 6.07) is 5.53. The summed E-state index contributed by atoms with van der Waals surface area (Å²) in [6.07, 6.45) is 5.87. The minimum absolute atomic E-state index is 0.584. The van der Waals surface area contributed by atoms with E-state index in [4.69, 9.17) is 0 Å². The van der Waals surface area contributed by atoms with E-state index in [9.17, 15) is 0 Å². The van der Waals surface area contributed by atoms with Crippen LogP contribution in [0.15, 0.2) is 22.9 Å². The second kappa shape index (κ2) is 4.34. The molecule has 86 valence electrons. The van der Waals surface area contributed by atoms with Crippen molar-refractivity contribution in [2.75, 3.05) is 18.4 Å². The highest BCUT2D eigenvalue weighted by Gasteiger charge is 2.34. The van der Waals surface area contributed by atoms with E-state index in [-0.39, 0.29) is 0 Å². The average Bonchev–Trinajstić information content (AvgIpc) is 3.03. The van der Waals surface area contributed by atoms with E-state index >= 15 is 0 Å². The number of halogens is 1. The third-order valence-corrected chi connectivity index (χ3v) is 4.03. The predicted octanol–water partition coefficient (Wildman–Crippen LogP) is 2.49. The van der Waals surface area contributed by atoms with Gasteiger partial charge in [-0.3, -0.25) is 4.90 Å². The zero-order valence-corrected chi connectivity index (χ0v) is 10.8. The van der Waals surface area contributed by atoms with Gasteiger partial charge in [0.25, 0.3) is 0 Å². The Hall–Kier alpha value is -0.610. The summed E-state index contributed by atoms with van der Waals surface area (Å²) < 4.78 is 0.917. The molecule has 0 bridgehead atoms. The summed E-state index contributed by atoms with van der Waals surface area (Å²) in [5, 5.41) is 3.57. The Morgan fingerprint density at radius 1 is 1.38 bits per heavy atom. The zero-order chi connectivity index (χ0) is 11.0. The highest BCUT2D eigenvalue weighted by Crippen LogP contribution is 2.31. The number of hydrogen-bond acceptors (Lipinski definition) is 3. The number of pyridine rings is 1. The molecule has 2 fully saturated rings. The Bertz CT molecular complexity index is 378. The minimum atomic E-state index is 0.584. The van der Waals surface area contributed by atoms with Crippen LogP contribution in [0.1, 0.15) is 19.3 Å². The van der Waals surface area contributed by atoms with E-state index in [1.807, 2.05) is 6.07 Å². The van der Waals surface area contributed by atoms with Crippen molar-refractivity contribution in [2.24, 2.45) is 0 Å². The molecular formula is C12H16BrN3. The molecule has 0 spiro atoms. The van der Waals surface area contributed by atoms with Crippen molar-refractivity contribution in [1.82, 2.24) is 9.88 Å². The molecular weight excluding hydrogens is 266 g/mol. The maximum Gasteiger partial charge on any atom is 0.129 e. The fourth-order valence-electron chi connectivity index (χ4n) is 2.39. The van der Waals surface area contributed by atoms with Gasteiger partial charge in [-0.1, -0.05) is 0 Å². The Morgan fingerprint density at radius 2 is 2.25 bits per heavy atom. The Labute approximate surface area is 104 Å². The van der Waals surface area contributed by atoms with Crippen molar-refractivity contribution < 1.29 is 0 Å². The van der Waals surface area contributed by atoms with Crippen molar-refractivity contribution in [2.45, 2.75) is 31.3 Å². The molecule has 1 N–H and O–H groups in total. The second-order valence-corrected chi connectivity index (χ2v) is 5.45. The quantitative estimate of drug-likeness (QED) is 0.863. The van der Waals surface area contributed by atoms with Gasteiger partial charge < -0.3 is 5.32 Å². The van der Waals surface area contributed by atoms with Crippen molar-refractivity contribution in [3.8, 4) is 0 Å². The molecule has 1 aliphatic heterocycles. The van der Waals surface area contributed by atoms with Gasteiger partial charge in [0, 0.05) is 31.4 Å². The third-order valence-electron chi connectivity index (χ3n) is 3.40. The predicted molar refractivity (Wildman–Crippen MR) is 68.6 cm³/mol. The maximum atomic E-state index is 4.23. The van der Waals surface area contributed by atoms with Crippen LogP contribution in [0.3, 0.4) is 0 Å². The van der Waals surface area contributed by atoms with Crippen LogP contribution < -0.4 is 5.32 Å². The van der Waals surface area contributed by atoms with Crippen LogP contribution in [0, 0.1) is 0 Å². The van der Waals surface area contributed by atoms with Gasteiger partial charge in [0.15, 0.2) is 0 Å². The Morgan fingerprint density at radius 3 is 3.00 bits per heavy atom. The Balaban J connectivity index is 1.61. The lowest BCUT2D eigenvalue weighted by Crippen LogP contribution is -2.27. The highest BCUT2D eigenvalue weighted by atomic mass is 79.9. The molecule has 1 saturated carbocycles. The summed E-state index contributed by atoms with van der Waals surface area (Å²) in [7, 11) is 0. The number of hydrogen-bond donors (Lipinski definition) is 1. The monoisotopic (exact) mass is 281 g/mol. The number of nitrogens with one attached hydrogen (secondary N) is 1. The van der Waals surface area contributed by atoms with Crippen molar-refractivity contribution in [3.05, 3.63) is 22.9 Å². The number of rotatable bonds is 3. The molecule has 0 amide bonds. The molecule has 2 aliphatic rings. The molecule has 0 aromatic carbocycles. The fourth-order valence-corrected chi connectivity index (χ4v) is 2.75.